The predicted molar refractivity (Wildman–Crippen MR) is 130 cm³/mol. The fourth-order valence-electron chi connectivity index (χ4n) is 3.47. The molecule has 0 saturated carbocycles. The molecular weight excluding hydrogens is 424 g/mol. The number of aromatic nitrogens is 2. The van der Waals surface area contributed by atoms with Crippen molar-refractivity contribution in [3.05, 3.63) is 81.6 Å². The zero-order valence-corrected chi connectivity index (χ0v) is 19.3. The molecule has 168 valence electrons. The number of anilines is 1. The maximum Gasteiger partial charge on any atom is 0.266 e. The van der Waals surface area contributed by atoms with Crippen LogP contribution < -0.4 is 15.8 Å². The standard InChI is InChI=1S/C25H29ClN4O2/c1-3-29(22-7-4-6-19(2)18-22)16-5-15-27-24(31)14-17-30-25(32)13-12-23(28-30)20-8-10-21(26)11-9-20/h4,6-13,18H,3,5,14-17H2,1-2H3,(H,27,31). The Hall–Kier alpha value is -3.12. The Morgan fingerprint density at radius 3 is 2.62 bits per heavy atom. The summed E-state index contributed by atoms with van der Waals surface area (Å²) in [6.45, 7) is 6.82. The number of rotatable bonds is 10. The number of nitrogens with one attached hydrogen (secondary N) is 1. The topological polar surface area (TPSA) is 67.2 Å². The summed E-state index contributed by atoms with van der Waals surface area (Å²) < 4.78 is 1.33. The molecule has 1 heterocycles. The lowest BCUT2D eigenvalue weighted by Crippen LogP contribution is -2.31. The largest absolute Gasteiger partial charge is 0.372 e. The lowest BCUT2D eigenvalue weighted by atomic mass is 10.1. The van der Waals surface area contributed by atoms with Crippen molar-refractivity contribution in [2.45, 2.75) is 33.2 Å². The first-order valence-corrected chi connectivity index (χ1v) is 11.3. The van der Waals surface area contributed by atoms with Gasteiger partial charge in [-0.25, -0.2) is 4.68 Å². The highest BCUT2D eigenvalue weighted by Gasteiger charge is 2.08. The molecule has 0 fully saturated rings. The molecule has 0 atom stereocenters. The van der Waals surface area contributed by atoms with Crippen LogP contribution in [0, 0.1) is 6.92 Å². The van der Waals surface area contributed by atoms with Gasteiger partial charge in [0.05, 0.1) is 12.2 Å². The van der Waals surface area contributed by atoms with Crippen LogP contribution in [0.3, 0.4) is 0 Å². The first-order chi connectivity index (χ1) is 15.5. The number of carbonyl (C=O) groups is 1. The van der Waals surface area contributed by atoms with E-state index in [1.54, 1.807) is 18.2 Å². The van der Waals surface area contributed by atoms with Crippen LogP contribution in [-0.4, -0.2) is 35.3 Å². The Kier molecular flexibility index (Phi) is 8.45. The Morgan fingerprint density at radius 2 is 1.91 bits per heavy atom. The van der Waals surface area contributed by atoms with Crippen molar-refractivity contribution in [3.8, 4) is 11.3 Å². The molecule has 0 saturated heterocycles. The first kappa shape index (κ1) is 23.5. The average Bonchev–Trinajstić information content (AvgIpc) is 2.79. The zero-order valence-electron chi connectivity index (χ0n) is 18.6. The maximum absolute atomic E-state index is 12.3. The highest BCUT2D eigenvalue weighted by atomic mass is 35.5. The number of nitrogens with zero attached hydrogens (tertiary/aromatic N) is 3. The monoisotopic (exact) mass is 452 g/mol. The molecule has 7 heteroatoms. The van der Waals surface area contributed by atoms with Gasteiger partial charge < -0.3 is 10.2 Å². The molecule has 1 N–H and O–H groups in total. The van der Waals surface area contributed by atoms with Gasteiger partial charge in [-0.05, 0) is 56.2 Å². The molecule has 1 amide bonds. The Balaban J connectivity index is 1.47. The van der Waals surface area contributed by atoms with Crippen LogP contribution in [0.15, 0.2) is 65.5 Å². The van der Waals surface area contributed by atoms with Gasteiger partial charge in [-0.3, -0.25) is 9.59 Å². The van der Waals surface area contributed by atoms with Crippen LogP contribution in [0.4, 0.5) is 5.69 Å². The van der Waals surface area contributed by atoms with Crippen LogP contribution in [-0.2, 0) is 11.3 Å². The van der Waals surface area contributed by atoms with Crippen molar-refractivity contribution in [1.29, 1.82) is 0 Å². The van der Waals surface area contributed by atoms with Crippen LogP contribution in [0.25, 0.3) is 11.3 Å². The summed E-state index contributed by atoms with van der Waals surface area (Å²) in [6, 6.07) is 18.8. The molecule has 0 aliphatic heterocycles. The second kappa shape index (κ2) is 11.5. The minimum absolute atomic E-state index is 0.0887. The van der Waals surface area contributed by atoms with E-state index < -0.39 is 0 Å². The third-order valence-electron chi connectivity index (χ3n) is 5.23. The SMILES string of the molecule is CCN(CCCNC(=O)CCn1nc(-c2ccc(Cl)cc2)ccc1=O)c1cccc(C)c1. The normalized spacial score (nSPS) is 10.7. The average molecular weight is 453 g/mol. The highest BCUT2D eigenvalue weighted by Crippen LogP contribution is 2.18. The summed E-state index contributed by atoms with van der Waals surface area (Å²) in [4.78, 5) is 26.7. The van der Waals surface area contributed by atoms with Gasteiger partial charge in [0, 0.05) is 48.4 Å². The van der Waals surface area contributed by atoms with E-state index in [-0.39, 0.29) is 24.4 Å². The van der Waals surface area contributed by atoms with E-state index in [2.05, 4.69) is 53.4 Å². The van der Waals surface area contributed by atoms with Crippen LogP contribution in [0.1, 0.15) is 25.3 Å². The van der Waals surface area contributed by atoms with E-state index in [1.165, 1.54) is 22.0 Å². The van der Waals surface area contributed by atoms with Crippen LogP contribution in [0.5, 0.6) is 0 Å². The molecule has 0 aliphatic carbocycles. The van der Waals surface area contributed by atoms with Crippen LogP contribution in [0.2, 0.25) is 5.02 Å². The van der Waals surface area contributed by atoms with E-state index in [4.69, 9.17) is 11.6 Å². The van der Waals surface area contributed by atoms with Crippen molar-refractivity contribution >= 4 is 23.2 Å². The molecule has 0 aliphatic rings. The Labute approximate surface area is 193 Å². The van der Waals surface area contributed by atoms with E-state index in [0.29, 0.717) is 17.3 Å². The molecular formula is C25H29ClN4O2. The van der Waals surface area contributed by atoms with Crippen molar-refractivity contribution < 1.29 is 4.79 Å². The summed E-state index contributed by atoms with van der Waals surface area (Å²) in [7, 11) is 0. The minimum Gasteiger partial charge on any atom is -0.372 e. The first-order valence-electron chi connectivity index (χ1n) is 10.9. The van der Waals surface area contributed by atoms with Crippen molar-refractivity contribution in [1.82, 2.24) is 15.1 Å². The van der Waals surface area contributed by atoms with Crippen molar-refractivity contribution in [2.24, 2.45) is 0 Å². The van der Waals surface area contributed by atoms with Gasteiger partial charge in [0.2, 0.25) is 5.91 Å². The third kappa shape index (κ3) is 6.69. The number of benzene rings is 2. The smallest absolute Gasteiger partial charge is 0.266 e. The quantitative estimate of drug-likeness (QED) is 0.466. The summed E-state index contributed by atoms with van der Waals surface area (Å²) in [5.74, 6) is -0.0887. The van der Waals surface area contributed by atoms with Gasteiger partial charge in [-0.2, -0.15) is 5.10 Å². The summed E-state index contributed by atoms with van der Waals surface area (Å²) in [6.07, 6.45) is 1.05. The van der Waals surface area contributed by atoms with Crippen molar-refractivity contribution in [3.63, 3.8) is 0 Å². The molecule has 1 aromatic heterocycles. The summed E-state index contributed by atoms with van der Waals surface area (Å²) in [5, 5.41) is 7.97. The predicted octanol–water partition coefficient (Wildman–Crippen LogP) is 4.30. The van der Waals surface area contributed by atoms with Gasteiger partial charge in [0.15, 0.2) is 0 Å². The molecule has 2 aromatic carbocycles. The maximum atomic E-state index is 12.3. The van der Waals surface area contributed by atoms with Gasteiger partial charge in [-0.1, -0.05) is 35.9 Å². The lowest BCUT2D eigenvalue weighted by molar-refractivity contribution is -0.121. The van der Waals surface area contributed by atoms with Gasteiger partial charge >= 0.3 is 0 Å². The van der Waals surface area contributed by atoms with E-state index in [9.17, 15) is 9.59 Å². The summed E-state index contributed by atoms with van der Waals surface area (Å²) >= 11 is 5.93. The number of halogens is 1. The molecule has 0 spiro atoms. The molecule has 3 aromatic rings. The molecule has 0 bridgehead atoms. The van der Waals surface area contributed by atoms with E-state index in [0.717, 1.165) is 25.1 Å². The number of aryl methyl sites for hydroxylation is 2. The van der Waals surface area contributed by atoms with Crippen molar-refractivity contribution in [2.75, 3.05) is 24.5 Å². The number of amides is 1. The minimum atomic E-state index is -0.229. The fourth-order valence-corrected chi connectivity index (χ4v) is 3.60. The molecule has 6 nitrogen and oxygen atoms in total. The van der Waals surface area contributed by atoms with Crippen LogP contribution >= 0.6 is 11.6 Å². The number of hydrogen-bond acceptors (Lipinski definition) is 4. The van der Waals surface area contributed by atoms with E-state index in [1.807, 2.05) is 12.1 Å². The Bertz CT molecular complexity index is 1100. The molecule has 32 heavy (non-hydrogen) atoms. The highest BCUT2D eigenvalue weighted by molar-refractivity contribution is 6.30. The molecule has 0 unspecified atom stereocenters. The van der Waals surface area contributed by atoms with Gasteiger partial charge in [0.25, 0.3) is 5.56 Å². The lowest BCUT2D eigenvalue weighted by Gasteiger charge is -2.23. The molecule has 3 rings (SSSR count). The Morgan fingerprint density at radius 1 is 1.12 bits per heavy atom. The van der Waals surface area contributed by atoms with Gasteiger partial charge in [0.1, 0.15) is 0 Å². The second-order valence-corrected chi connectivity index (χ2v) is 8.10. The zero-order chi connectivity index (χ0) is 22.9. The van der Waals surface area contributed by atoms with E-state index >= 15 is 0 Å². The molecule has 0 radical (unpaired) electrons. The number of hydrogen-bond donors (Lipinski definition) is 1. The summed E-state index contributed by atoms with van der Waals surface area (Å²) in [5.41, 5.74) is 3.73. The second-order valence-electron chi connectivity index (χ2n) is 7.66. The van der Waals surface area contributed by atoms with Gasteiger partial charge in [-0.15, -0.1) is 0 Å². The number of carbonyl (C=O) groups excluding carboxylic acids is 1. The fraction of sp³-hybridized carbons (Fsp3) is 0.320. The third-order valence-corrected chi connectivity index (χ3v) is 5.48.